The molecule has 1 amide bonds. The molecule has 0 aromatic heterocycles. The van der Waals surface area contributed by atoms with Gasteiger partial charge in [0.25, 0.3) is 5.91 Å². The van der Waals surface area contributed by atoms with Crippen LogP contribution in [0.3, 0.4) is 0 Å². The highest BCUT2D eigenvalue weighted by molar-refractivity contribution is 8.00. The molecule has 0 atom stereocenters. The van der Waals surface area contributed by atoms with Gasteiger partial charge in [0.05, 0.1) is 5.69 Å². The molecule has 1 fully saturated rings. The van der Waals surface area contributed by atoms with E-state index in [1.807, 2.05) is 60.1 Å². The Balaban J connectivity index is 1.35. The second-order valence-corrected chi connectivity index (χ2v) is 8.63. The fourth-order valence-electron chi connectivity index (χ4n) is 3.56. The van der Waals surface area contributed by atoms with E-state index < -0.39 is 0 Å². The Kier molecular flexibility index (Phi) is 5.48. The van der Waals surface area contributed by atoms with Crippen molar-refractivity contribution < 1.29 is 4.79 Å². The molecule has 4 rings (SSSR count). The number of nitrogens with zero attached hydrogens (tertiary/aromatic N) is 2. The molecule has 1 N–H and O–H groups in total. The Morgan fingerprint density at radius 1 is 1.07 bits per heavy atom. The summed E-state index contributed by atoms with van der Waals surface area (Å²) in [5.74, 6) is -0.0844. The smallest absolute Gasteiger partial charge is 0.255 e. The third-order valence-corrected chi connectivity index (χ3v) is 6.47. The van der Waals surface area contributed by atoms with E-state index in [9.17, 15) is 4.79 Å². The SMILES string of the molecule is CC1=NN(c2ccc(C(=O)Nc3ccc(SC4CCCC4)cc3)cc2)CC1. The molecule has 1 saturated carbocycles. The minimum atomic E-state index is -0.0844. The highest BCUT2D eigenvalue weighted by Gasteiger charge is 2.16. The van der Waals surface area contributed by atoms with Crippen molar-refractivity contribution in [1.82, 2.24) is 0 Å². The van der Waals surface area contributed by atoms with Gasteiger partial charge in [-0.1, -0.05) is 12.8 Å². The van der Waals surface area contributed by atoms with Gasteiger partial charge in [-0.25, -0.2) is 0 Å². The molecule has 140 valence electrons. The molecule has 2 aromatic rings. The summed E-state index contributed by atoms with van der Waals surface area (Å²) < 4.78 is 0. The van der Waals surface area contributed by atoms with Crippen LogP contribution in [0.25, 0.3) is 0 Å². The molecule has 2 aliphatic rings. The molecule has 1 heterocycles. The maximum absolute atomic E-state index is 12.5. The molecule has 1 aliphatic carbocycles. The first-order valence-corrected chi connectivity index (χ1v) is 10.5. The van der Waals surface area contributed by atoms with Gasteiger partial charge in [-0.3, -0.25) is 9.80 Å². The van der Waals surface area contributed by atoms with Crippen molar-refractivity contribution in [2.75, 3.05) is 16.9 Å². The van der Waals surface area contributed by atoms with Crippen LogP contribution < -0.4 is 10.3 Å². The third kappa shape index (κ3) is 4.53. The Labute approximate surface area is 165 Å². The standard InChI is InChI=1S/C22H25N3OS/c1-16-14-15-25(24-16)19-10-6-17(7-11-19)22(26)23-18-8-12-21(13-9-18)27-20-4-2-3-5-20/h6-13,20H,2-5,14-15H2,1H3,(H,23,26). The molecule has 2 aromatic carbocycles. The van der Waals surface area contributed by atoms with E-state index in [4.69, 9.17) is 0 Å². The molecule has 5 heteroatoms. The molecule has 1 aliphatic heterocycles. The summed E-state index contributed by atoms with van der Waals surface area (Å²) in [7, 11) is 0. The Hall–Kier alpha value is -2.27. The van der Waals surface area contributed by atoms with Crippen molar-refractivity contribution in [1.29, 1.82) is 0 Å². The topological polar surface area (TPSA) is 44.7 Å². The van der Waals surface area contributed by atoms with Crippen LogP contribution in [0.2, 0.25) is 0 Å². The quantitative estimate of drug-likeness (QED) is 0.740. The maximum Gasteiger partial charge on any atom is 0.255 e. The number of hydrazone groups is 1. The van der Waals surface area contributed by atoms with Gasteiger partial charge >= 0.3 is 0 Å². The van der Waals surface area contributed by atoms with Gasteiger partial charge in [0.1, 0.15) is 0 Å². The van der Waals surface area contributed by atoms with E-state index >= 15 is 0 Å². The lowest BCUT2D eigenvalue weighted by Gasteiger charge is -2.14. The van der Waals surface area contributed by atoms with Gasteiger partial charge in [-0.05, 0) is 68.3 Å². The first-order valence-electron chi connectivity index (χ1n) is 9.67. The van der Waals surface area contributed by atoms with Gasteiger partial charge < -0.3 is 5.32 Å². The van der Waals surface area contributed by atoms with E-state index in [0.29, 0.717) is 5.56 Å². The predicted molar refractivity (Wildman–Crippen MR) is 114 cm³/mol. The van der Waals surface area contributed by atoms with Gasteiger partial charge in [0, 0.05) is 40.1 Å². The van der Waals surface area contributed by atoms with Crippen LogP contribution in [0.1, 0.15) is 49.4 Å². The van der Waals surface area contributed by atoms with E-state index in [1.165, 1.54) is 30.6 Å². The average molecular weight is 380 g/mol. The minimum Gasteiger partial charge on any atom is -0.322 e. The summed E-state index contributed by atoms with van der Waals surface area (Å²) in [5, 5.41) is 10.2. The van der Waals surface area contributed by atoms with Crippen molar-refractivity contribution in [2.45, 2.75) is 49.2 Å². The van der Waals surface area contributed by atoms with Crippen molar-refractivity contribution in [3.63, 3.8) is 0 Å². The van der Waals surface area contributed by atoms with E-state index in [-0.39, 0.29) is 5.91 Å². The number of hydrogen-bond donors (Lipinski definition) is 1. The summed E-state index contributed by atoms with van der Waals surface area (Å²) in [4.78, 5) is 13.8. The van der Waals surface area contributed by atoms with Crippen molar-refractivity contribution >= 4 is 34.8 Å². The Morgan fingerprint density at radius 3 is 2.41 bits per heavy atom. The van der Waals surface area contributed by atoms with Crippen LogP contribution in [-0.2, 0) is 0 Å². The lowest BCUT2D eigenvalue weighted by molar-refractivity contribution is 0.102. The normalized spacial score (nSPS) is 17.2. The average Bonchev–Trinajstić information content (AvgIpc) is 3.35. The number of thioether (sulfide) groups is 1. The van der Waals surface area contributed by atoms with Gasteiger partial charge in [0.15, 0.2) is 0 Å². The molecule has 27 heavy (non-hydrogen) atoms. The second-order valence-electron chi connectivity index (χ2n) is 7.26. The Bertz CT molecular complexity index is 824. The van der Waals surface area contributed by atoms with E-state index in [0.717, 1.165) is 35.3 Å². The second kappa shape index (κ2) is 8.17. The number of hydrogen-bond acceptors (Lipinski definition) is 4. The summed E-state index contributed by atoms with van der Waals surface area (Å²) >= 11 is 1.96. The lowest BCUT2D eigenvalue weighted by Crippen LogP contribution is -2.14. The Morgan fingerprint density at radius 2 is 1.78 bits per heavy atom. The molecule has 0 unspecified atom stereocenters. The van der Waals surface area contributed by atoms with Crippen LogP contribution >= 0.6 is 11.8 Å². The summed E-state index contributed by atoms with van der Waals surface area (Å²) in [6, 6.07) is 15.8. The zero-order valence-corrected chi connectivity index (χ0v) is 16.5. The van der Waals surface area contributed by atoms with Crippen LogP contribution in [0.15, 0.2) is 58.5 Å². The lowest BCUT2D eigenvalue weighted by atomic mass is 10.2. The largest absolute Gasteiger partial charge is 0.322 e. The fraction of sp³-hybridized carbons (Fsp3) is 0.364. The number of carbonyl (C=O) groups is 1. The van der Waals surface area contributed by atoms with Crippen molar-refractivity contribution in [3.05, 3.63) is 54.1 Å². The molecule has 0 radical (unpaired) electrons. The molecular formula is C22H25N3OS. The first-order chi connectivity index (χ1) is 13.2. The number of rotatable bonds is 5. The summed E-state index contributed by atoms with van der Waals surface area (Å²) in [5.41, 5.74) is 3.66. The first kappa shape index (κ1) is 18.1. The maximum atomic E-state index is 12.5. The van der Waals surface area contributed by atoms with E-state index in [2.05, 4.69) is 22.6 Å². The molecule has 0 bridgehead atoms. The molecule has 0 saturated heterocycles. The van der Waals surface area contributed by atoms with Crippen LogP contribution in [0.4, 0.5) is 11.4 Å². The van der Waals surface area contributed by atoms with Gasteiger partial charge in [-0.15, -0.1) is 11.8 Å². The van der Waals surface area contributed by atoms with Gasteiger partial charge in [0.2, 0.25) is 0 Å². The zero-order valence-electron chi connectivity index (χ0n) is 15.6. The number of benzene rings is 2. The van der Waals surface area contributed by atoms with Crippen molar-refractivity contribution in [2.24, 2.45) is 5.10 Å². The summed E-state index contributed by atoms with van der Waals surface area (Å²) in [6.07, 6.45) is 6.35. The van der Waals surface area contributed by atoms with E-state index in [1.54, 1.807) is 0 Å². The van der Waals surface area contributed by atoms with Gasteiger partial charge in [-0.2, -0.15) is 5.10 Å². The van der Waals surface area contributed by atoms with Crippen LogP contribution in [0, 0.1) is 0 Å². The number of carbonyl (C=O) groups excluding carboxylic acids is 1. The minimum absolute atomic E-state index is 0.0844. The van der Waals surface area contributed by atoms with Crippen LogP contribution in [-0.4, -0.2) is 23.4 Å². The predicted octanol–water partition coefficient (Wildman–Crippen LogP) is 5.56. The fourth-order valence-corrected chi connectivity index (χ4v) is 4.81. The summed E-state index contributed by atoms with van der Waals surface area (Å²) in [6.45, 7) is 2.95. The number of amides is 1. The number of anilines is 2. The third-order valence-electron chi connectivity index (χ3n) is 5.12. The molecule has 4 nitrogen and oxygen atoms in total. The van der Waals surface area contributed by atoms with Crippen molar-refractivity contribution in [3.8, 4) is 0 Å². The van der Waals surface area contributed by atoms with Crippen LogP contribution in [0.5, 0.6) is 0 Å². The zero-order chi connectivity index (χ0) is 18.6. The number of nitrogens with one attached hydrogen (secondary N) is 1. The molecular weight excluding hydrogens is 354 g/mol. The highest BCUT2D eigenvalue weighted by Crippen LogP contribution is 2.35. The highest BCUT2D eigenvalue weighted by atomic mass is 32.2. The molecule has 0 spiro atoms. The monoisotopic (exact) mass is 379 g/mol.